The van der Waals surface area contributed by atoms with Crippen molar-refractivity contribution in [3.05, 3.63) is 35.9 Å². The Morgan fingerprint density at radius 1 is 1.43 bits per heavy atom. The summed E-state index contributed by atoms with van der Waals surface area (Å²) in [6, 6.07) is 4.18. The van der Waals surface area contributed by atoms with Crippen molar-refractivity contribution >= 4 is 18.0 Å². The van der Waals surface area contributed by atoms with E-state index in [9.17, 15) is 19.5 Å². The Morgan fingerprint density at radius 3 is 2.78 bits per heavy atom. The maximum Gasteiger partial charge on any atom is 0.313 e. The number of carbonyl (C=O) groups excluding carboxylic acids is 3. The fourth-order valence-corrected chi connectivity index (χ4v) is 3.67. The molecule has 1 N–H and O–H groups in total. The molecule has 2 aliphatic rings. The highest BCUT2D eigenvalue weighted by molar-refractivity contribution is 6.11. The van der Waals surface area contributed by atoms with Crippen molar-refractivity contribution in [2.45, 2.75) is 18.4 Å². The Hall–Kier alpha value is -2.63. The fraction of sp³-hybridized carbons (Fsp3) is 0.353. The van der Waals surface area contributed by atoms with Crippen molar-refractivity contribution in [3.8, 4) is 11.5 Å². The lowest BCUT2D eigenvalue weighted by Crippen LogP contribution is -2.52. The van der Waals surface area contributed by atoms with Crippen LogP contribution < -0.4 is 4.74 Å². The number of Topliss-reactive ketones (excluding diaryl/α,β-unsaturated/α-hetero) is 1. The van der Waals surface area contributed by atoms with Crippen LogP contribution in [0.2, 0.25) is 0 Å². The van der Waals surface area contributed by atoms with E-state index < -0.39 is 29.2 Å². The lowest BCUT2D eigenvalue weighted by Gasteiger charge is -2.33. The molecule has 0 saturated heterocycles. The SMILES string of the molecule is C=C(C=O)[C@@H]1CC[C@@H](C(=O)OC)[C@]12Oc1ccc(O)cc1C2=O. The zero-order valence-corrected chi connectivity index (χ0v) is 12.6. The maximum atomic E-state index is 13.0. The number of benzene rings is 1. The van der Waals surface area contributed by atoms with Crippen LogP contribution in [0.3, 0.4) is 0 Å². The summed E-state index contributed by atoms with van der Waals surface area (Å²) in [7, 11) is 1.25. The van der Waals surface area contributed by atoms with Gasteiger partial charge in [-0.15, -0.1) is 0 Å². The number of methoxy groups -OCH3 is 1. The van der Waals surface area contributed by atoms with Gasteiger partial charge in [0.25, 0.3) is 0 Å². The molecule has 1 fully saturated rings. The van der Waals surface area contributed by atoms with Crippen LogP contribution in [0.5, 0.6) is 11.5 Å². The Kier molecular flexibility index (Phi) is 3.47. The number of carbonyl (C=O) groups is 3. The quantitative estimate of drug-likeness (QED) is 0.518. The second-order valence-electron chi connectivity index (χ2n) is 5.80. The minimum Gasteiger partial charge on any atom is -0.508 e. The number of ether oxygens (including phenoxy) is 2. The van der Waals surface area contributed by atoms with Gasteiger partial charge in [-0.1, -0.05) is 6.58 Å². The average Bonchev–Trinajstić information content (AvgIpc) is 3.06. The third-order valence-electron chi connectivity index (χ3n) is 4.71. The molecule has 1 spiro atoms. The van der Waals surface area contributed by atoms with Gasteiger partial charge >= 0.3 is 5.97 Å². The van der Waals surface area contributed by atoms with Crippen molar-refractivity contribution < 1.29 is 29.0 Å². The molecule has 3 atom stereocenters. The van der Waals surface area contributed by atoms with Crippen LogP contribution in [0.15, 0.2) is 30.4 Å². The predicted molar refractivity (Wildman–Crippen MR) is 79.2 cm³/mol. The van der Waals surface area contributed by atoms with Crippen LogP contribution >= 0.6 is 0 Å². The highest BCUT2D eigenvalue weighted by Crippen LogP contribution is 2.53. The second kappa shape index (κ2) is 5.22. The molecule has 3 rings (SSSR count). The number of hydrogen-bond acceptors (Lipinski definition) is 6. The maximum absolute atomic E-state index is 13.0. The Morgan fingerprint density at radius 2 is 2.13 bits per heavy atom. The first kappa shape index (κ1) is 15.3. The van der Waals surface area contributed by atoms with Crippen LogP contribution in [-0.2, 0) is 14.3 Å². The summed E-state index contributed by atoms with van der Waals surface area (Å²) in [4.78, 5) is 36.4. The van der Waals surface area contributed by atoms with E-state index >= 15 is 0 Å². The summed E-state index contributed by atoms with van der Waals surface area (Å²) in [5.41, 5.74) is -1.12. The van der Waals surface area contributed by atoms with E-state index in [-0.39, 0.29) is 22.6 Å². The molecule has 1 aliphatic heterocycles. The molecule has 1 saturated carbocycles. The largest absolute Gasteiger partial charge is 0.508 e. The van der Waals surface area contributed by atoms with Gasteiger partial charge in [-0.2, -0.15) is 0 Å². The normalized spacial score (nSPS) is 28.3. The number of hydrogen-bond donors (Lipinski definition) is 1. The molecule has 6 nitrogen and oxygen atoms in total. The van der Waals surface area contributed by atoms with Gasteiger partial charge in [0.15, 0.2) is 5.60 Å². The molecule has 1 aliphatic carbocycles. The Balaban J connectivity index is 2.15. The molecule has 0 aromatic heterocycles. The molecule has 0 unspecified atom stereocenters. The van der Waals surface area contributed by atoms with Gasteiger partial charge in [0.2, 0.25) is 5.78 Å². The van der Waals surface area contributed by atoms with E-state index in [1.807, 2.05) is 0 Å². The van der Waals surface area contributed by atoms with Crippen LogP contribution in [0.1, 0.15) is 23.2 Å². The van der Waals surface area contributed by atoms with Gasteiger partial charge in [0.05, 0.1) is 12.7 Å². The minimum atomic E-state index is -1.53. The highest BCUT2D eigenvalue weighted by atomic mass is 16.5. The van der Waals surface area contributed by atoms with Gasteiger partial charge in [-0.05, 0) is 36.6 Å². The first-order valence-electron chi connectivity index (χ1n) is 7.24. The van der Waals surface area contributed by atoms with Gasteiger partial charge in [0.1, 0.15) is 23.7 Å². The molecule has 0 radical (unpaired) electrons. The summed E-state index contributed by atoms with van der Waals surface area (Å²) in [5, 5.41) is 9.61. The van der Waals surface area contributed by atoms with E-state index in [0.717, 1.165) is 0 Å². The molecule has 23 heavy (non-hydrogen) atoms. The third kappa shape index (κ3) is 1.98. The van der Waals surface area contributed by atoms with Gasteiger partial charge < -0.3 is 14.6 Å². The molecule has 0 amide bonds. The monoisotopic (exact) mass is 316 g/mol. The molecule has 0 bridgehead atoms. The number of phenolic OH excluding ortho intramolecular Hbond substituents is 1. The van der Waals surface area contributed by atoms with Crippen molar-refractivity contribution in [3.63, 3.8) is 0 Å². The second-order valence-corrected chi connectivity index (χ2v) is 5.80. The first-order valence-corrected chi connectivity index (χ1v) is 7.24. The summed E-state index contributed by atoms with van der Waals surface area (Å²) >= 11 is 0. The minimum absolute atomic E-state index is 0.0730. The van der Waals surface area contributed by atoms with E-state index in [1.165, 1.54) is 25.3 Å². The van der Waals surface area contributed by atoms with Crippen molar-refractivity contribution in [1.82, 2.24) is 0 Å². The summed E-state index contributed by atoms with van der Waals surface area (Å²) in [6.45, 7) is 3.71. The van der Waals surface area contributed by atoms with Crippen molar-refractivity contribution in [2.24, 2.45) is 11.8 Å². The van der Waals surface area contributed by atoms with E-state index in [1.54, 1.807) is 0 Å². The molecular weight excluding hydrogens is 300 g/mol. The standard InChI is InChI=1S/C17H16O6/c1-9(8-18)12-4-5-13(16(21)22-2)17(12)15(20)11-7-10(19)3-6-14(11)23-17/h3,6-8,12-13,19H,1,4-5H2,2H3/t12-,13-,17+/m0/s1. The van der Waals surface area contributed by atoms with Gasteiger partial charge in [-0.3, -0.25) is 14.4 Å². The third-order valence-corrected chi connectivity index (χ3v) is 4.71. The molecule has 1 aromatic rings. The van der Waals surface area contributed by atoms with Gasteiger partial charge in [-0.25, -0.2) is 0 Å². The molecule has 1 aromatic carbocycles. The summed E-state index contributed by atoms with van der Waals surface area (Å²) in [5.74, 6) is -2.20. The van der Waals surface area contributed by atoms with Gasteiger partial charge in [0, 0.05) is 5.92 Å². The lowest BCUT2D eigenvalue weighted by atomic mass is 9.76. The van der Waals surface area contributed by atoms with E-state index in [0.29, 0.717) is 19.1 Å². The number of phenols is 1. The predicted octanol–water partition coefficient (Wildman–Crippen LogP) is 1.66. The van der Waals surface area contributed by atoms with Crippen molar-refractivity contribution in [2.75, 3.05) is 7.11 Å². The number of fused-ring (bicyclic) bond motifs is 1. The number of esters is 1. The highest BCUT2D eigenvalue weighted by Gasteiger charge is 2.64. The zero-order valence-electron chi connectivity index (χ0n) is 12.6. The summed E-state index contributed by atoms with van der Waals surface area (Å²) in [6.07, 6.45) is 1.36. The van der Waals surface area contributed by atoms with Crippen LogP contribution in [0, 0.1) is 11.8 Å². The van der Waals surface area contributed by atoms with Crippen LogP contribution in [0.25, 0.3) is 0 Å². The van der Waals surface area contributed by atoms with E-state index in [4.69, 9.17) is 9.47 Å². The molecule has 1 heterocycles. The lowest BCUT2D eigenvalue weighted by molar-refractivity contribution is -0.150. The first-order chi connectivity index (χ1) is 11.0. The zero-order chi connectivity index (χ0) is 16.8. The topological polar surface area (TPSA) is 89.9 Å². The van der Waals surface area contributed by atoms with E-state index in [2.05, 4.69) is 6.58 Å². The number of rotatable bonds is 3. The van der Waals surface area contributed by atoms with Crippen molar-refractivity contribution in [1.29, 1.82) is 0 Å². The number of ketones is 1. The Labute approximate surface area is 132 Å². The smallest absolute Gasteiger partial charge is 0.313 e. The number of aldehydes is 1. The Bertz CT molecular complexity index is 722. The molecule has 6 heteroatoms. The fourth-order valence-electron chi connectivity index (χ4n) is 3.67. The summed E-state index contributed by atoms with van der Waals surface area (Å²) < 4.78 is 10.7. The number of aromatic hydroxyl groups is 1. The average molecular weight is 316 g/mol. The van der Waals surface area contributed by atoms with Crippen LogP contribution in [-0.4, -0.2) is 35.9 Å². The van der Waals surface area contributed by atoms with Crippen LogP contribution in [0.4, 0.5) is 0 Å². The molecular formula is C17H16O6. The molecule has 120 valence electrons.